The van der Waals surface area contributed by atoms with Crippen molar-refractivity contribution < 1.29 is 9.47 Å². The minimum Gasteiger partial charge on any atom is -0.474 e. The number of hydrogen-bond acceptors (Lipinski definition) is 3. The average molecular weight is 247 g/mol. The molecule has 2 aliphatic heterocycles. The Balaban J connectivity index is 1.92. The van der Waals surface area contributed by atoms with Crippen molar-refractivity contribution in [2.24, 2.45) is 0 Å². The predicted octanol–water partition coefficient (Wildman–Crippen LogP) is 2.32. The molecule has 0 bridgehead atoms. The van der Waals surface area contributed by atoms with Gasteiger partial charge in [-0.25, -0.2) is 0 Å². The van der Waals surface area contributed by atoms with E-state index in [9.17, 15) is 0 Å². The van der Waals surface area contributed by atoms with Crippen LogP contribution in [0.3, 0.4) is 0 Å². The lowest BCUT2D eigenvalue weighted by atomic mass is 9.83. The summed E-state index contributed by atoms with van der Waals surface area (Å²) in [6.07, 6.45) is 0.137. The molecule has 98 valence electrons. The largest absolute Gasteiger partial charge is 0.474 e. The van der Waals surface area contributed by atoms with Crippen molar-refractivity contribution in [2.75, 3.05) is 26.3 Å². The van der Waals surface area contributed by atoms with E-state index in [0.717, 1.165) is 32.1 Å². The smallest absolute Gasteiger partial charge is 0.162 e. The maximum atomic E-state index is 6.19. The first-order valence-corrected chi connectivity index (χ1v) is 6.68. The molecule has 1 atom stereocenters. The second kappa shape index (κ2) is 4.25. The van der Waals surface area contributed by atoms with E-state index in [1.54, 1.807) is 0 Å². The lowest BCUT2D eigenvalue weighted by Crippen LogP contribution is -2.52. The van der Waals surface area contributed by atoms with Crippen LogP contribution in [0.1, 0.15) is 25.0 Å². The summed E-state index contributed by atoms with van der Waals surface area (Å²) in [4.78, 5) is 2.40. The summed E-state index contributed by atoms with van der Waals surface area (Å²) in [6, 6.07) is 6.49. The van der Waals surface area contributed by atoms with E-state index in [2.05, 4.69) is 43.9 Å². The standard InChI is InChI=1S/C15H21NO2/c1-11-4-5-13-12(10-11)15(2,3)14(18-13)16-6-8-17-9-7-16/h4-5,10,14H,6-9H2,1-3H3. The average Bonchev–Trinajstić information content (AvgIpc) is 2.63. The highest BCUT2D eigenvalue weighted by molar-refractivity contribution is 5.46. The lowest BCUT2D eigenvalue weighted by molar-refractivity contribution is -0.0612. The van der Waals surface area contributed by atoms with Crippen molar-refractivity contribution in [2.45, 2.75) is 32.4 Å². The zero-order valence-electron chi connectivity index (χ0n) is 11.4. The second-order valence-corrected chi connectivity index (χ2v) is 5.84. The van der Waals surface area contributed by atoms with Gasteiger partial charge in [0.15, 0.2) is 6.23 Å². The molecule has 0 amide bonds. The third kappa shape index (κ3) is 1.82. The summed E-state index contributed by atoms with van der Waals surface area (Å²) in [5, 5.41) is 0. The highest BCUT2D eigenvalue weighted by atomic mass is 16.5. The Hall–Kier alpha value is -1.06. The Morgan fingerprint density at radius 3 is 2.67 bits per heavy atom. The van der Waals surface area contributed by atoms with Crippen LogP contribution in [-0.4, -0.2) is 37.4 Å². The summed E-state index contributed by atoms with van der Waals surface area (Å²) in [5.74, 6) is 1.04. The molecule has 0 N–H and O–H groups in total. The first-order valence-electron chi connectivity index (χ1n) is 6.68. The summed E-state index contributed by atoms with van der Waals surface area (Å²) in [7, 11) is 0. The van der Waals surface area contributed by atoms with Crippen LogP contribution in [-0.2, 0) is 10.2 Å². The molecular weight excluding hydrogens is 226 g/mol. The third-order valence-electron chi connectivity index (χ3n) is 4.06. The van der Waals surface area contributed by atoms with Crippen molar-refractivity contribution in [3.05, 3.63) is 29.3 Å². The molecule has 0 aromatic heterocycles. The highest BCUT2D eigenvalue weighted by Gasteiger charge is 2.45. The van der Waals surface area contributed by atoms with E-state index >= 15 is 0 Å². The normalized spacial score (nSPS) is 26.7. The van der Waals surface area contributed by atoms with E-state index < -0.39 is 0 Å². The quantitative estimate of drug-likeness (QED) is 0.760. The molecule has 3 nitrogen and oxygen atoms in total. The van der Waals surface area contributed by atoms with Gasteiger partial charge < -0.3 is 9.47 Å². The molecule has 3 rings (SSSR count). The molecule has 1 fully saturated rings. The topological polar surface area (TPSA) is 21.7 Å². The van der Waals surface area contributed by atoms with Gasteiger partial charge in [0.2, 0.25) is 0 Å². The molecule has 0 aliphatic carbocycles. The number of rotatable bonds is 1. The van der Waals surface area contributed by atoms with E-state index in [1.165, 1.54) is 11.1 Å². The van der Waals surface area contributed by atoms with Gasteiger partial charge in [0.1, 0.15) is 5.75 Å². The SMILES string of the molecule is Cc1ccc2c(c1)C(C)(C)C(N1CCOCC1)O2. The Bertz CT molecular complexity index is 450. The number of fused-ring (bicyclic) bond motifs is 1. The van der Waals surface area contributed by atoms with Gasteiger partial charge in [-0.2, -0.15) is 0 Å². The van der Waals surface area contributed by atoms with Crippen molar-refractivity contribution >= 4 is 0 Å². The number of ether oxygens (including phenoxy) is 2. The molecule has 3 heteroatoms. The van der Waals surface area contributed by atoms with Crippen LogP contribution in [0.4, 0.5) is 0 Å². The fraction of sp³-hybridized carbons (Fsp3) is 0.600. The Morgan fingerprint density at radius 1 is 1.22 bits per heavy atom. The molecule has 1 aromatic rings. The predicted molar refractivity (Wildman–Crippen MR) is 71.0 cm³/mol. The van der Waals surface area contributed by atoms with Crippen molar-refractivity contribution in [1.29, 1.82) is 0 Å². The number of hydrogen-bond donors (Lipinski definition) is 0. The van der Waals surface area contributed by atoms with Crippen LogP contribution in [0.5, 0.6) is 5.75 Å². The van der Waals surface area contributed by atoms with Gasteiger partial charge >= 0.3 is 0 Å². The molecule has 1 saturated heterocycles. The molecule has 0 spiro atoms. The summed E-state index contributed by atoms with van der Waals surface area (Å²) < 4.78 is 11.6. The zero-order chi connectivity index (χ0) is 12.8. The fourth-order valence-electron chi connectivity index (χ4n) is 2.99. The van der Waals surface area contributed by atoms with Crippen molar-refractivity contribution in [3.63, 3.8) is 0 Å². The van der Waals surface area contributed by atoms with Gasteiger partial charge in [0, 0.05) is 24.1 Å². The molecule has 1 aromatic carbocycles. The van der Waals surface area contributed by atoms with Gasteiger partial charge in [0.25, 0.3) is 0 Å². The maximum absolute atomic E-state index is 6.19. The van der Waals surface area contributed by atoms with Gasteiger partial charge in [-0.15, -0.1) is 0 Å². The van der Waals surface area contributed by atoms with Crippen molar-refractivity contribution in [3.8, 4) is 5.75 Å². The second-order valence-electron chi connectivity index (χ2n) is 5.84. The van der Waals surface area contributed by atoms with Gasteiger partial charge in [-0.1, -0.05) is 31.5 Å². The third-order valence-corrected chi connectivity index (χ3v) is 4.06. The first-order chi connectivity index (χ1) is 8.59. The van der Waals surface area contributed by atoms with Crippen LogP contribution < -0.4 is 4.74 Å². The molecular formula is C15H21NO2. The lowest BCUT2D eigenvalue weighted by Gasteiger charge is -2.38. The number of benzene rings is 1. The maximum Gasteiger partial charge on any atom is 0.162 e. The van der Waals surface area contributed by atoms with Crippen LogP contribution in [0.2, 0.25) is 0 Å². The van der Waals surface area contributed by atoms with Crippen molar-refractivity contribution in [1.82, 2.24) is 4.90 Å². The molecule has 2 heterocycles. The van der Waals surface area contributed by atoms with Crippen LogP contribution in [0.15, 0.2) is 18.2 Å². The highest BCUT2D eigenvalue weighted by Crippen LogP contribution is 2.44. The van der Waals surface area contributed by atoms with Gasteiger partial charge in [-0.05, 0) is 13.0 Å². The number of morpholine rings is 1. The minimum absolute atomic E-state index is 0.0404. The van der Waals surface area contributed by atoms with E-state index in [-0.39, 0.29) is 11.6 Å². The Morgan fingerprint density at radius 2 is 1.94 bits per heavy atom. The first kappa shape index (κ1) is 12.0. The summed E-state index contributed by atoms with van der Waals surface area (Å²) in [6.45, 7) is 10.2. The molecule has 0 radical (unpaired) electrons. The molecule has 1 unspecified atom stereocenters. The monoisotopic (exact) mass is 247 g/mol. The molecule has 18 heavy (non-hydrogen) atoms. The summed E-state index contributed by atoms with van der Waals surface area (Å²) in [5.41, 5.74) is 2.67. The van der Waals surface area contributed by atoms with E-state index in [0.29, 0.717) is 0 Å². The van der Waals surface area contributed by atoms with Gasteiger partial charge in [-0.3, -0.25) is 4.90 Å². The molecule has 0 saturated carbocycles. The van der Waals surface area contributed by atoms with Crippen LogP contribution in [0.25, 0.3) is 0 Å². The minimum atomic E-state index is 0.0404. The summed E-state index contributed by atoms with van der Waals surface area (Å²) >= 11 is 0. The fourth-order valence-corrected chi connectivity index (χ4v) is 2.99. The number of aryl methyl sites for hydroxylation is 1. The van der Waals surface area contributed by atoms with E-state index in [4.69, 9.17) is 9.47 Å². The zero-order valence-corrected chi connectivity index (χ0v) is 11.4. The molecule has 2 aliphatic rings. The van der Waals surface area contributed by atoms with Gasteiger partial charge in [0.05, 0.1) is 13.2 Å². The van der Waals surface area contributed by atoms with Crippen LogP contribution in [0, 0.1) is 6.92 Å². The number of nitrogens with zero attached hydrogens (tertiary/aromatic N) is 1. The Labute approximate surface area is 109 Å². The van der Waals surface area contributed by atoms with Crippen LogP contribution >= 0.6 is 0 Å². The Kier molecular flexibility index (Phi) is 2.83. The van der Waals surface area contributed by atoms with E-state index in [1.807, 2.05) is 0 Å².